The minimum atomic E-state index is -1.05. The largest absolute Gasteiger partial charge is 0.480 e. The maximum Gasteiger partial charge on any atom is 0.408 e. The molecule has 23 heavy (non-hydrogen) atoms. The van der Waals surface area contributed by atoms with Crippen LogP contribution in [-0.2, 0) is 20.9 Å². The molecule has 0 aromatic heterocycles. The molecule has 0 bridgehead atoms. The second-order valence-electron chi connectivity index (χ2n) is 5.20. The van der Waals surface area contributed by atoms with E-state index in [1.54, 1.807) is 0 Å². The Bertz CT molecular complexity index is 500. The number of carboxylic acid groups (broad SMARTS) is 1. The lowest BCUT2D eigenvalue weighted by Gasteiger charge is -2.16. The Morgan fingerprint density at radius 2 is 1.74 bits per heavy atom. The smallest absolute Gasteiger partial charge is 0.408 e. The lowest BCUT2D eigenvalue weighted by Crippen LogP contribution is -2.41. The molecule has 0 aliphatic rings. The first kappa shape index (κ1) is 21.1. The molecule has 1 rings (SSSR count). The van der Waals surface area contributed by atoms with E-state index in [0.717, 1.165) is 5.56 Å². The Morgan fingerprint density at radius 1 is 1.22 bits per heavy atom. The maximum absolute atomic E-state index is 11.5. The zero-order valence-corrected chi connectivity index (χ0v) is 15.0. The van der Waals surface area contributed by atoms with Gasteiger partial charge in [0.1, 0.15) is 12.6 Å². The van der Waals surface area contributed by atoms with Crippen LogP contribution in [0.4, 0.5) is 4.79 Å². The normalized spacial score (nSPS) is 11.0. The van der Waals surface area contributed by atoms with Crippen LogP contribution in [-0.4, -0.2) is 27.9 Å². The van der Waals surface area contributed by atoms with Crippen LogP contribution in [0.15, 0.2) is 30.3 Å². The van der Waals surface area contributed by atoms with E-state index in [4.69, 9.17) is 9.84 Å². The van der Waals surface area contributed by atoms with E-state index in [2.05, 4.69) is 21.2 Å². The summed E-state index contributed by atoms with van der Waals surface area (Å²) in [6, 6.07) is 8.30. The van der Waals surface area contributed by atoms with Crippen molar-refractivity contribution in [3.63, 3.8) is 0 Å². The molecule has 1 aromatic carbocycles. The van der Waals surface area contributed by atoms with Gasteiger partial charge in [-0.3, -0.25) is 4.79 Å². The molecule has 1 aromatic rings. The highest BCUT2D eigenvalue weighted by atomic mass is 79.9. The summed E-state index contributed by atoms with van der Waals surface area (Å²) in [5, 5.41) is 11.3. The summed E-state index contributed by atoms with van der Waals surface area (Å²) in [5.74, 6) is -0.874. The lowest BCUT2D eigenvalue weighted by atomic mass is 10.0. The number of hydrogen-bond acceptors (Lipinski definition) is 4. The van der Waals surface area contributed by atoms with Gasteiger partial charge in [-0.25, -0.2) is 9.59 Å². The Labute approximate surface area is 144 Å². The highest BCUT2D eigenvalue weighted by Crippen LogP contribution is 2.06. The summed E-state index contributed by atoms with van der Waals surface area (Å²) < 4.78 is 4.96. The van der Waals surface area contributed by atoms with E-state index in [0.29, 0.717) is 6.42 Å². The first-order valence-corrected chi connectivity index (χ1v) is 7.87. The molecule has 6 nitrogen and oxygen atoms in total. The predicted molar refractivity (Wildman–Crippen MR) is 90.2 cm³/mol. The van der Waals surface area contributed by atoms with Crippen molar-refractivity contribution in [3.8, 4) is 0 Å². The molecule has 0 unspecified atom stereocenters. The Balaban J connectivity index is 0.00000108. The summed E-state index contributed by atoms with van der Waals surface area (Å²) in [4.78, 5) is 31.9. The summed E-state index contributed by atoms with van der Waals surface area (Å²) in [6.45, 7) is 5.36. The third kappa shape index (κ3) is 12.3. The number of benzene rings is 1. The maximum atomic E-state index is 11.5. The Hall–Kier alpha value is -1.89. The standard InChI is InChI=1S/C14H19NO4.C2H3BrO/c1-10(2)8-12(13(16)17)15-14(18)19-9-11-6-4-3-5-7-11;1-2(3)4/h3-7,10,12H,8-9H2,1-2H3,(H,15,18)(H,16,17);1H3/t12-;/m0./s1. The SMILES string of the molecule is CC(=O)Br.CC(C)C[C@H](NC(=O)OCc1ccccc1)C(=O)O. The molecule has 128 valence electrons. The van der Waals surface area contributed by atoms with Crippen LogP contribution in [0.5, 0.6) is 0 Å². The van der Waals surface area contributed by atoms with Gasteiger partial charge < -0.3 is 15.2 Å². The van der Waals surface area contributed by atoms with Gasteiger partial charge in [0.25, 0.3) is 0 Å². The molecule has 1 atom stereocenters. The zero-order valence-electron chi connectivity index (χ0n) is 13.4. The first-order chi connectivity index (χ1) is 10.7. The van der Waals surface area contributed by atoms with Gasteiger partial charge in [-0.2, -0.15) is 0 Å². The number of rotatable bonds is 6. The highest BCUT2D eigenvalue weighted by Gasteiger charge is 2.21. The second kappa shape index (κ2) is 11.6. The van der Waals surface area contributed by atoms with E-state index in [1.165, 1.54) is 6.92 Å². The van der Waals surface area contributed by atoms with E-state index >= 15 is 0 Å². The van der Waals surface area contributed by atoms with Gasteiger partial charge in [0, 0.05) is 6.92 Å². The van der Waals surface area contributed by atoms with Gasteiger partial charge in [0.2, 0.25) is 0 Å². The number of aliphatic carboxylic acids is 1. The van der Waals surface area contributed by atoms with E-state index in [9.17, 15) is 14.4 Å². The second-order valence-corrected chi connectivity index (χ2v) is 6.31. The van der Waals surface area contributed by atoms with Gasteiger partial charge in [0.05, 0.1) is 0 Å². The molecule has 1 amide bonds. The molecular weight excluding hydrogens is 366 g/mol. The number of ether oxygens (including phenoxy) is 1. The number of carboxylic acids is 1. The molecule has 0 fully saturated rings. The lowest BCUT2D eigenvalue weighted by molar-refractivity contribution is -0.139. The van der Waals surface area contributed by atoms with Crippen LogP contribution in [0, 0.1) is 5.92 Å². The van der Waals surface area contributed by atoms with Crippen LogP contribution >= 0.6 is 15.9 Å². The quantitative estimate of drug-likeness (QED) is 0.730. The van der Waals surface area contributed by atoms with Crippen LogP contribution in [0.1, 0.15) is 32.8 Å². The number of carbonyl (C=O) groups excluding carboxylic acids is 2. The van der Waals surface area contributed by atoms with Crippen molar-refractivity contribution in [2.24, 2.45) is 5.92 Å². The molecule has 0 saturated heterocycles. The average molecular weight is 388 g/mol. The first-order valence-electron chi connectivity index (χ1n) is 7.08. The predicted octanol–water partition coefficient (Wildman–Crippen LogP) is 3.34. The van der Waals surface area contributed by atoms with Gasteiger partial charge in [-0.05, 0) is 33.8 Å². The van der Waals surface area contributed by atoms with Crippen molar-refractivity contribution in [2.75, 3.05) is 0 Å². The summed E-state index contributed by atoms with van der Waals surface area (Å²) in [5.41, 5.74) is 0.855. The third-order valence-electron chi connectivity index (χ3n) is 2.51. The molecular formula is C16H22BrNO5. The number of nitrogens with one attached hydrogen (secondary N) is 1. The molecule has 0 aliphatic carbocycles. The van der Waals surface area contributed by atoms with Crippen molar-refractivity contribution in [1.82, 2.24) is 5.32 Å². The van der Waals surface area contributed by atoms with Crippen molar-refractivity contribution in [1.29, 1.82) is 0 Å². The fourth-order valence-corrected chi connectivity index (χ4v) is 1.60. The molecule has 2 N–H and O–H groups in total. The van der Waals surface area contributed by atoms with Crippen molar-refractivity contribution >= 4 is 32.7 Å². The molecule has 0 aliphatic heterocycles. The van der Waals surface area contributed by atoms with Crippen LogP contribution < -0.4 is 5.32 Å². The fraction of sp³-hybridized carbons (Fsp3) is 0.438. The highest BCUT2D eigenvalue weighted by molar-refractivity contribution is 9.18. The zero-order chi connectivity index (χ0) is 17.8. The summed E-state index contributed by atoms with van der Waals surface area (Å²) in [6.07, 6.45) is -0.340. The monoisotopic (exact) mass is 387 g/mol. The van der Waals surface area contributed by atoms with Gasteiger partial charge in [-0.15, -0.1) is 0 Å². The van der Waals surface area contributed by atoms with Gasteiger partial charge in [-0.1, -0.05) is 44.2 Å². The van der Waals surface area contributed by atoms with E-state index < -0.39 is 18.1 Å². The van der Waals surface area contributed by atoms with Crippen LogP contribution in [0.25, 0.3) is 0 Å². The van der Waals surface area contributed by atoms with Crippen molar-refractivity contribution < 1.29 is 24.2 Å². The van der Waals surface area contributed by atoms with Crippen LogP contribution in [0.3, 0.4) is 0 Å². The van der Waals surface area contributed by atoms with Crippen molar-refractivity contribution in [3.05, 3.63) is 35.9 Å². The minimum Gasteiger partial charge on any atom is -0.480 e. The summed E-state index contributed by atoms with van der Waals surface area (Å²) in [7, 11) is 0. The molecule has 7 heteroatoms. The number of halogens is 1. The third-order valence-corrected chi connectivity index (χ3v) is 2.51. The molecule has 0 heterocycles. The number of hydrogen-bond donors (Lipinski definition) is 2. The van der Waals surface area contributed by atoms with Crippen LogP contribution in [0.2, 0.25) is 0 Å². The van der Waals surface area contributed by atoms with Crippen molar-refractivity contribution in [2.45, 2.75) is 39.8 Å². The number of carbonyl (C=O) groups is 3. The van der Waals surface area contributed by atoms with E-state index in [-0.39, 0.29) is 17.2 Å². The molecule has 0 saturated carbocycles. The Kier molecular flexibility index (Phi) is 10.7. The minimum absolute atomic E-state index is 0.0208. The fourth-order valence-electron chi connectivity index (χ4n) is 1.60. The number of amides is 1. The van der Waals surface area contributed by atoms with E-state index in [1.807, 2.05) is 44.2 Å². The molecule has 0 radical (unpaired) electrons. The number of alkyl carbamates (subject to hydrolysis) is 1. The Morgan fingerprint density at radius 3 is 2.17 bits per heavy atom. The topological polar surface area (TPSA) is 92.7 Å². The average Bonchev–Trinajstić information content (AvgIpc) is 2.44. The summed E-state index contributed by atoms with van der Waals surface area (Å²) >= 11 is 2.63. The van der Waals surface area contributed by atoms with Gasteiger partial charge in [0.15, 0.2) is 4.69 Å². The van der Waals surface area contributed by atoms with Gasteiger partial charge >= 0.3 is 12.1 Å². The molecule has 0 spiro atoms.